The van der Waals surface area contributed by atoms with Gasteiger partial charge in [-0.25, -0.2) is 9.50 Å². The zero-order valence-electron chi connectivity index (χ0n) is 22.9. The molecule has 6 rings (SSSR count). The van der Waals surface area contributed by atoms with Crippen molar-refractivity contribution in [3.05, 3.63) is 94.1 Å². The number of hydrogen-bond acceptors (Lipinski definition) is 7. The average Bonchev–Trinajstić information content (AvgIpc) is 3.57. The van der Waals surface area contributed by atoms with Gasteiger partial charge >= 0.3 is 0 Å². The monoisotopic (exact) mass is 530 g/mol. The number of rotatable bonds is 5. The number of hydrogen-bond donors (Lipinski definition) is 0. The Hall–Kier alpha value is -4.50. The normalized spacial score (nSPS) is 14.2. The van der Waals surface area contributed by atoms with Crippen molar-refractivity contribution in [2.24, 2.45) is 0 Å². The molecule has 2 aromatic carbocycles. The summed E-state index contributed by atoms with van der Waals surface area (Å²) >= 11 is 0. The van der Waals surface area contributed by atoms with E-state index in [0.717, 1.165) is 71.8 Å². The summed E-state index contributed by atoms with van der Waals surface area (Å²) < 4.78 is 13.1. The standard InChI is InChI=1S/C32H30N6O2/c1-22-6-8-28-29(36-40-31(28)27(22)9-7-26-19-34-30-5-4-10-35-38(26)30)18-23-15-24(20-37-11-13-39-14-12-37)17-25(16-23)32(2,3)21-33/h4-6,8,10,15-17,19H,11-14,18,20H2,1-3H3. The van der Waals surface area contributed by atoms with Crippen molar-refractivity contribution < 1.29 is 9.26 Å². The predicted molar refractivity (Wildman–Crippen MR) is 152 cm³/mol. The van der Waals surface area contributed by atoms with Gasteiger partial charge in [-0.05, 0) is 67.1 Å². The van der Waals surface area contributed by atoms with E-state index in [0.29, 0.717) is 17.7 Å². The molecule has 8 nitrogen and oxygen atoms in total. The maximum absolute atomic E-state index is 9.86. The van der Waals surface area contributed by atoms with Crippen LogP contribution >= 0.6 is 0 Å². The van der Waals surface area contributed by atoms with E-state index in [-0.39, 0.29) is 0 Å². The lowest BCUT2D eigenvalue weighted by Crippen LogP contribution is -2.35. The summed E-state index contributed by atoms with van der Waals surface area (Å²) in [6.07, 6.45) is 4.03. The van der Waals surface area contributed by atoms with Gasteiger partial charge in [0.15, 0.2) is 11.2 Å². The second kappa shape index (κ2) is 10.6. The van der Waals surface area contributed by atoms with Crippen LogP contribution in [0.2, 0.25) is 0 Å². The van der Waals surface area contributed by atoms with E-state index >= 15 is 0 Å². The highest BCUT2D eigenvalue weighted by Gasteiger charge is 2.23. The second-order valence-electron chi connectivity index (χ2n) is 10.8. The topological polar surface area (TPSA) is 92.5 Å². The van der Waals surface area contributed by atoms with Crippen molar-refractivity contribution in [1.82, 2.24) is 24.7 Å². The van der Waals surface area contributed by atoms with Crippen LogP contribution in [0.1, 0.15) is 53.1 Å². The fourth-order valence-electron chi connectivity index (χ4n) is 5.07. The SMILES string of the molecule is Cc1ccc2c(Cc3cc(CN4CCOCC4)cc(C(C)(C)C#N)c3)noc2c1C#Cc1cnc2cccnn12. The van der Waals surface area contributed by atoms with E-state index in [2.05, 4.69) is 68.4 Å². The van der Waals surface area contributed by atoms with Crippen LogP contribution in [0.4, 0.5) is 0 Å². The number of aryl methyl sites for hydroxylation is 1. The van der Waals surface area contributed by atoms with E-state index < -0.39 is 5.41 Å². The molecule has 0 radical (unpaired) electrons. The molecule has 0 spiro atoms. The first-order chi connectivity index (χ1) is 19.4. The van der Waals surface area contributed by atoms with Gasteiger partial charge in [-0.2, -0.15) is 10.4 Å². The number of aromatic nitrogens is 4. The maximum Gasteiger partial charge on any atom is 0.183 e. The van der Waals surface area contributed by atoms with Crippen LogP contribution < -0.4 is 0 Å². The zero-order valence-corrected chi connectivity index (χ0v) is 22.9. The molecule has 1 saturated heterocycles. The molecule has 0 aliphatic carbocycles. The molecule has 40 heavy (non-hydrogen) atoms. The molecule has 1 aliphatic rings. The molecule has 1 aliphatic heterocycles. The Bertz CT molecular complexity index is 1810. The van der Waals surface area contributed by atoms with Crippen LogP contribution in [0, 0.1) is 30.1 Å². The highest BCUT2D eigenvalue weighted by atomic mass is 16.5. The summed E-state index contributed by atoms with van der Waals surface area (Å²) in [5, 5.41) is 19.6. The number of nitriles is 1. The van der Waals surface area contributed by atoms with Gasteiger partial charge in [-0.1, -0.05) is 35.3 Å². The van der Waals surface area contributed by atoms with Gasteiger partial charge in [0.25, 0.3) is 0 Å². The van der Waals surface area contributed by atoms with Gasteiger partial charge < -0.3 is 9.26 Å². The van der Waals surface area contributed by atoms with Gasteiger partial charge in [-0.15, -0.1) is 0 Å². The molecule has 3 aromatic heterocycles. The van der Waals surface area contributed by atoms with Crippen LogP contribution in [-0.2, 0) is 23.1 Å². The molecule has 8 heteroatoms. The largest absolute Gasteiger partial charge is 0.379 e. The Morgan fingerprint density at radius 2 is 1.88 bits per heavy atom. The number of ether oxygens (including phenoxy) is 1. The molecule has 4 heterocycles. The Morgan fingerprint density at radius 3 is 2.70 bits per heavy atom. The fraction of sp³-hybridized carbons (Fsp3) is 0.312. The quantitative estimate of drug-likeness (QED) is 0.301. The number of fused-ring (bicyclic) bond motifs is 2. The molecule has 0 saturated carbocycles. The Balaban J connectivity index is 1.35. The molecule has 5 aromatic rings. The van der Waals surface area contributed by atoms with E-state index in [9.17, 15) is 5.26 Å². The van der Waals surface area contributed by atoms with Crippen LogP contribution in [0.5, 0.6) is 0 Å². The second-order valence-corrected chi connectivity index (χ2v) is 10.8. The molecule has 0 amide bonds. The van der Waals surface area contributed by atoms with Gasteiger partial charge in [-0.3, -0.25) is 4.90 Å². The van der Waals surface area contributed by atoms with E-state index in [1.54, 1.807) is 16.9 Å². The molecular weight excluding hydrogens is 500 g/mol. The van der Waals surface area contributed by atoms with Crippen molar-refractivity contribution in [3.63, 3.8) is 0 Å². The smallest absolute Gasteiger partial charge is 0.183 e. The Morgan fingerprint density at radius 1 is 1.05 bits per heavy atom. The minimum absolute atomic E-state index is 0.589. The van der Waals surface area contributed by atoms with Crippen molar-refractivity contribution in [2.75, 3.05) is 26.3 Å². The molecular formula is C32H30N6O2. The summed E-state index contributed by atoms with van der Waals surface area (Å²) in [6.45, 7) is 10.1. The molecule has 0 bridgehead atoms. The third-order valence-corrected chi connectivity index (χ3v) is 7.45. The summed E-state index contributed by atoms with van der Waals surface area (Å²) in [4.78, 5) is 6.77. The molecule has 0 atom stereocenters. The van der Waals surface area contributed by atoms with E-state index in [1.165, 1.54) is 5.56 Å². The van der Waals surface area contributed by atoms with Crippen molar-refractivity contribution in [2.45, 2.75) is 39.2 Å². The average molecular weight is 531 g/mol. The lowest BCUT2D eigenvalue weighted by atomic mass is 9.84. The minimum atomic E-state index is -0.603. The summed E-state index contributed by atoms with van der Waals surface area (Å²) in [5.41, 5.74) is 7.48. The predicted octanol–water partition coefficient (Wildman–Crippen LogP) is 4.80. The Labute approximate surface area is 233 Å². The van der Waals surface area contributed by atoms with Crippen molar-refractivity contribution in [3.8, 4) is 17.9 Å². The molecule has 200 valence electrons. The summed E-state index contributed by atoms with van der Waals surface area (Å²) in [6, 6.07) is 16.8. The highest BCUT2D eigenvalue weighted by molar-refractivity contribution is 5.86. The fourth-order valence-corrected chi connectivity index (χ4v) is 5.07. The molecule has 0 unspecified atom stereocenters. The van der Waals surface area contributed by atoms with Crippen LogP contribution in [-0.4, -0.2) is 51.0 Å². The van der Waals surface area contributed by atoms with Crippen LogP contribution in [0.25, 0.3) is 16.6 Å². The third-order valence-electron chi connectivity index (χ3n) is 7.45. The van der Waals surface area contributed by atoms with Gasteiger partial charge in [0.05, 0.1) is 42.2 Å². The van der Waals surface area contributed by atoms with Crippen LogP contribution in [0.15, 0.2) is 59.4 Å². The van der Waals surface area contributed by atoms with Crippen molar-refractivity contribution in [1.29, 1.82) is 5.26 Å². The number of morpholine rings is 1. The minimum Gasteiger partial charge on any atom is -0.379 e. The third kappa shape index (κ3) is 5.08. The van der Waals surface area contributed by atoms with Crippen LogP contribution in [0.3, 0.4) is 0 Å². The van der Waals surface area contributed by atoms with E-state index in [4.69, 9.17) is 9.26 Å². The van der Waals surface area contributed by atoms with Gasteiger partial charge in [0.1, 0.15) is 5.69 Å². The zero-order chi connectivity index (χ0) is 27.7. The van der Waals surface area contributed by atoms with Crippen molar-refractivity contribution >= 4 is 16.6 Å². The number of imidazole rings is 1. The Kier molecular flexibility index (Phi) is 6.81. The number of benzene rings is 2. The van der Waals surface area contributed by atoms with Gasteiger partial charge in [0.2, 0.25) is 0 Å². The lowest BCUT2D eigenvalue weighted by molar-refractivity contribution is 0.0341. The molecule has 1 fully saturated rings. The highest BCUT2D eigenvalue weighted by Crippen LogP contribution is 2.29. The summed E-state index contributed by atoms with van der Waals surface area (Å²) in [5.74, 6) is 6.49. The first kappa shape index (κ1) is 25.8. The van der Waals surface area contributed by atoms with Gasteiger partial charge in [0, 0.05) is 37.6 Å². The summed E-state index contributed by atoms with van der Waals surface area (Å²) in [7, 11) is 0. The molecule has 0 N–H and O–H groups in total. The first-order valence-electron chi connectivity index (χ1n) is 13.4. The first-order valence-corrected chi connectivity index (χ1v) is 13.4. The maximum atomic E-state index is 9.86. The lowest BCUT2D eigenvalue weighted by Gasteiger charge is -2.27. The van der Waals surface area contributed by atoms with E-state index in [1.807, 2.05) is 32.9 Å². The number of nitrogens with zero attached hydrogens (tertiary/aromatic N) is 6.